The number of nitrogens with one attached hydrogen (secondary N) is 1. The van der Waals surface area contributed by atoms with E-state index in [9.17, 15) is 9.59 Å². The first-order valence-corrected chi connectivity index (χ1v) is 5.87. The van der Waals surface area contributed by atoms with Gasteiger partial charge in [0.2, 0.25) is 0 Å². The van der Waals surface area contributed by atoms with Crippen LogP contribution < -0.4 is 5.32 Å². The summed E-state index contributed by atoms with van der Waals surface area (Å²) >= 11 is 0. The number of benzene rings is 1. The molecule has 0 saturated carbocycles. The van der Waals surface area contributed by atoms with E-state index in [0.717, 1.165) is 5.69 Å². The third-order valence-corrected chi connectivity index (χ3v) is 2.61. The first-order chi connectivity index (χ1) is 9.58. The third-order valence-electron chi connectivity index (χ3n) is 2.61. The van der Waals surface area contributed by atoms with E-state index in [2.05, 4.69) is 10.4 Å². The van der Waals surface area contributed by atoms with Gasteiger partial charge in [0.15, 0.2) is 6.10 Å². The smallest absolute Gasteiger partial charge is 0.334 e. The number of hydrogen-bond donors (Lipinski definition) is 3. The molecule has 0 radical (unpaired) electrons. The van der Waals surface area contributed by atoms with Crippen LogP contribution >= 0.6 is 0 Å². The Bertz CT molecular complexity index is 609. The Morgan fingerprint density at radius 3 is 2.65 bits per heavy atom. The van der Waals surface area contributed by atoms with Crippen molar-refractivity contribution in [3.05, 3.63) is 48.3 Å². The molecular formula is C13H13N3O4. The Morgan fingerprint density at radius 2 is 2.00 bits per heavy atom. The first-order valence-electron chi connectivity index (χ1n) is 5.87. The number of aliphatic hydroxyl groups is 1. The van der Waals surface area contributed by atoms with Gasteiger partial charge in [0.1, 0.15) is 0 Å². The van der Waals surface area contributed by atoms with Gasteiger partial charge < -0.3 is 15.5 Å². The fourth-order valence-corrected chi connectivity index (χ4v) is 1.54. The summed E-state index contributed by atoms with van der Waals surface area (Å²) in [6, 6.07) is 9.24. The molecule has 7 nitrogen and oxygen atoms in total. The van der Waals surface area contributed by atoms with Crippen molar-refractivity contribution in [3.8, 4) is 5.69 Å². The van der Waals surface area contributed by atoms with Gasteiger partial charge >= 0.3 is 5.97 Å². The summed E-state index contributed by atoms with van der Waals surface area (Å²) in [6.07, 6.45) is 1.27. The van der Waals surface area contributed by atoms with Gasteiger partial charge in [-0.05, 0) is 12.1 Å². The van der Waals surface area contributed by atoms with Gasteiger partial charge in [0, 0.05) is 6.20 Å². The van der Waals surface area contributed by atoms with Crippen LogP contribution in [0.3, 0.4) is 0 Å². The van der Waals surface area contributed by atoms with E-state index >= 15 is 0 Å². The number of aliphatic carboxylic acids is 1. The van der Waals surface area contributed by atoms with Crippen LogP contribution in [0.25, 0.3) is 5.69 Å². The number of nitrogens with zero attached hydrogens (tertiary/aromatic N) is 2. The number of carbonyl (C=O) groups excluding carboxylic acids is 1. The molecule has 1 amide bonds. The van der Waals surface area contributed by atoms with Crippen molar-refractivity contribution in [1.82, 2.24) is 15.1 Å². The number of carboxylic acids is 1. The normalized spacial score (nSPS) is 11.8. The number of carbonyl (C=O) groups is 2. The molecule has 0 saturated heterocycles. The van der Waals surface area contributed by atoms with Crippen molar-refractivity contribution < 1.29 is 19.8 Å². The summed E-state index contributed by atoms with van der Waals surface area (Å²) in [6.45, 7) is -0.356. The lowest BCUT2D eigenvalue weighted by Crippen LogP contribution is -2.36. The number of carboxylic acid groups (broad SMARTS) is 1. The molecule has 0 spiro atoms. The molecule has 2 rings (SSSR count). The minimum Gasteiger partial charge on any atom is -0.479 e. The summed E-state index contributed by atoms with van der Waals surface area (Å²) in [5.74, 6) is -1.88. The molecule has 20 heavy (non-hydrogen) atoms. The molecule has 0 aliphatic rings. The zero-order valence-corrected chi connectivity index (χ0v) is 10.4. The predicted octanol–water partition coefficient (Wildman–Crippen LogP) is 0.0476. The number of amides is 1. The number of para-hydroxylation sites is 1. The molecule has 7 heteroatoms. The highest BCUT2D eigenvalue weighted by Crippen LogP contribution is 2.07. The van der Waals surface area contributed by atoms with Crippen molar-refractivity contribution in [3.63, 3.8) is 0 Å². The second-order valence-electron chi connectivity index (χ2n) is 4.07. The molecule has 0 fully saturated rings. The van der Waals surface area contributed by atoms with E-state index in [1.165, 1.54) is 17.1 Å². The molecule has 0 aliphatic heterocycles. The molecule has 1 aromatic carbocycles. The van der Waals surface area contributed by atoms with Gasteiger partial charge in [-0.3, -0.25) is 4.79 Å². The number of hydrogen-bond acceptors (Lipinski definition) is 4. The summed E-state index contributed by atoms with van der Waals surface area (Å²) in [4.78, 5) is 22.2. The Labute approximate surface area is 114 Å². The van der Waals surface area contributed by atoms with Crippen LogP contribution in [0.2, 0.25) is 0 Å². The molecule has 1 aromatic heterocycles. The van der Waals surface area contributed by atoms with Crippen molar-refractivity contribution >= 4 is 11.9 Å². The first kappa shape index (κ1) is 13.8. The van der Waals surface area contributed by atoms with Crippen LogP contribution in [-0.4, -0.2) is 44.5 Å². The van der Waals surface area contributed by atoms with Crippen LogP contribution in [0.4, 0.5) is 0 Å². The maximum Gasteiger partial charge on any atom is 0.334 e. The lowest BCUT2D eigenvalue weighted by Gasteiger charge is -2.06. The second-order valence-corrected chi connectivity index (χ2v) is 4.07. The summed E-state index contributed by atoms with van der Waals surface area (Å²) in [5.41, 5.74) is 1.09. The Balaban J connectivity index is 2.02. The molecular weight excluding hydrogens is 262 g/mol. The number of rotatable bonds is 5. The quantitative estimate of drug-likeness (QED) is 0.715. The molecule has 0 aliphatic carbocycles. The molecule has 3 N–H and O–H groups in total. The Morgan fingerprint density at radius 1 is 1.30 bits per heavy atom. The monoisotopic (exact) mass is 275 g/mol. The number of aromatic nitrogens is 2. The van der Waals surface area contributed by atoms with E-state index in [1.807, 2.05) is 30.3 Å². The van der Waals surface area contributed by atoms with Crippen molar-refractivity contribution in [1.29, 1.82) is 0 Å². The highest BCUT2D eigenvalue weighted by molar-refractivity contribution is 5.94. The standard InChI is InChI=1S/C13H13N3O4/c17-11(13(19)20)7-14-12(18)9-6-15-16(8-9)10-4-2-1-3-5-10/h1-6,8,11,17H,7H2,(H,14,18)(H,19,20). The van der Waals surface area contributed by atoms with Gasteiger partial charge in [0.25, 0.3) is 5.91 Å². The zero-order chi connectivity index (χ0) is 14.5. The molecule has 104 valence electrons. The van der Waals surface area contributed by atoms with Crippen molar-refractivity contribution in [2.45, 2.75) is 6.10 Å². The zero-order valence-electron chi connectivity index (χ0n) is 10.4. The average molecular weight is 275 g/mol. The fourth-order valence-electron chi connectivity index (χ4n) is 1.54. The van der Waals surface area contributed by atoms with E-state index in [1.54, 1.807) is 0 Å². The molecule has 0 bridgehead atoms. The maximum absolute atomic E-state index is 11.7. The second kappa shape index (κ2) is 5.98. The average Bonchev–Trinajstić information content (AvgIpc) is 2.95. The van der Waals surface area contributed by atoms with Crippen LogP contribution in [-0.2, 0) is 4.79 Å². The van der Waals surface area contributed by atoms with E-state index in [-0.39, 0.29) is 12.1 Å². The highest BCUT2D eigenvalue weighted by Gasteiger charge is 2.15. The molecule has 1 atom stereocenters. The van der Waals surface area contributed by atoms with Gasteiger partial charge in [-0.1, -0.05) is 18.2 Å². The van der Waals surface area contributed by atoms with Crippen molar-refractivity contribution in [2.24, 2.45) is 0 Å². The lowest BCUT2D eigenvalue weighted by atomic mass is 10.3. The summed E-state index contributed by atoms with van der Waals surface area (Å²) < 4.78 is 1.53. The molecule has 2 aromatic rings. The van der Waals surface area contributed by atoms with Gasteiger partial charge in [-0.25, -0.2) is 9.48 Å². The minimum absolute atomic E-state index is 0.284. The van der Waals surface area contributed by atoms with Crippen LogP contribution in [0.1, 0.15) is 10.4 Å². The highest BCUT2D eigenvalue weighted by atomic mass is 16.4. The molecule has 1 unspecified atom stereocenters. The van der Waals surface area contributed by atoms with E-state index in [0.29, 0.717) is 0 Å². The van der Waals surface area contributed by atoms with E-state index < -0.39 is 18.0 Å². The Kier molecular flexibility index (Phi) is 4.11. The minimum atomic E-state index is -1.62. The SMILES string of the molecule is O=C(NCC(O)C(=O)O)c1cnn(-c2ccccc2)c1. The van der Waals surface area contributed by atoms with Crippen LogP contribution in [0, 0.1) is 0 Å². The van der Waals surface area contributed by atoms with Crippen LogP contribution in [0.5, 0.6) is 0 Å². The third kappa shape index (κ3) is 3.21. The van der Waals surface area contributed by atoms with Gasteiger partial charge in [-0.15, -0.1) is 0 Å². The van der Waals surface area contributed by atoms with Gasteiger partial charge in [0.05, 0.1) is 24.0 Å². The topological polar surface area (TPSA) is 104 Å². The summed E-state index contributed by atoms with van der Waals surface area (Å²) in [7, 11) is 0. The maximum atomic E-state index is 11.7. The van der Waals surface area contributed by atoms with Crippen molar-refractivity contribution in [2.75, 3.05) is 6.54 Å². The summed E-state index contributed by atoms with van der Waals surface area (Å²) in [5, 5.41) is 23.9. The molecule has 1 heterocycles. The largest absolute Gasteiger partial charge is 0.479 e. The van der Waals surface area contributed by atoms with Crippen LogP contribution in [0.15, 0.2) is 42.7 Å². The lowest BCUT2D eigenvalue weighted by molar-refractivity contribution is -0.146. The number of aliphatic hydroxyl groups excluding tert-OH is 1. The van der Waals surface area contributed by atoms with E-state index in [4.69, 9.17) is 10.2 Å². The fraction of sp³-hybridized carbons (Fsp3) is 0.154. The Hall–Kier alpha value is -2.67. The predicted molar refractivity (Wildman–Crippen MR) is 69.5 cm³/mol. The van der Waals surface area contributed by atoms with Gasteiger partial charge in [-0.2, -0.15) is 5.10 Å².